The van der Waals surface area contributed by atoms with E-state index in [0.29, 0.717) is 6.42 Å². The Kier molecular flexibility index (Phi) is 6.13. The zero-order valence-electron chi connectivity index (χ0n) is 11.6. The first-order chi connectivity index (χ1) is 8.60. The maximum atomic E-state index is 13.3. The van der Waals surface area contributed by atoms with E-state index < -0.39 is 0 Å². The minimum Gasteiger partial charge on any atom is -0.490 e. The summed E-state index contributed by atoms with van der Waals surface area (Å²) in [5.74, 6) is 0.541. The van der Waals surface area contributed by atoms with Crippen LogP contribution in [0.1, 0.15) is 45.6 Å². The van der Waals surface area contributed by atoms with Gasteiger partial charge in [0.1, 0.15) is 11.6 Å². The van der Waals surface area contributed by atoms with Gasteiger partial charge < -0.3 is 10.5 Å². The summed E-state index contributed by atoms with van der Waals surface area (Å²) in [7, 11) is 0. The molecule has 0 aromatic heterocycles. The Hall–Kier alpha value is -1.09. The van der Waals surface area contributed by atoms with Crippen LogP contribution in [0.4, 0.5) is 4.39 Å². The van der Waals surface area contributed by atoms with Crippen LogP contribution in [0.3, 0.4) is 0 Å². The van der Waals surface area contributed by atoms with Gasteiger partial charge in [-0.2, -0.15) is 0 Å². The molecule has 0 radical (unpaired) electrons. The average Bonchev–Trinajstić information content (AvgIpc) is 2.38. The second-order valence-corrected chi connectivity index (χ2v) is 4.68. The van der Waals surface area contributed by atoms with E-state index in [1.165, 1.54) is 12.1 Å². The smallest absolute Gasteiger partial charge is 0.123 e. The van der Waals surface area contributed by atoms with Gasteiger partial charge in [-0.15, -0.1) is 0 Å². The molecule has 102 valence electrons. The van der Waals surface area contributed by atoms with Crippen molar-refractivity contribution in [2.45, 2.75) is 58.6 Å². The third-order valence-electron chi connectivity index (χ3n) is 3.23. The summed E-state index contributed by atoms with van der Waals surface area (Å²) >= 11 is 0. The Bertz CT molecular complexity index is 364. The first-order valence-electron chi connectivity index (χ1n) is 6.81. The molecular formula is C15H24FNO. The maximum absolute atomic E-state index is 13.3. The van der Waals surface area contributed by atoms with Gasteiger partial charge in [0, 0.05) is 6.04 Å². The summed E-state index contributed by atoms with van der Waals surface area (Å²) in [5, 5.41) is 0. The van der Waals surface area contributed by atoms with Gasteiger partial charge >= 0.3 is 0 Å². The van der Waals surface area contributed by atoms with Gasteiger partial charge in [0.05, 0.1) is 6.10 Å². The Labute approximate surface area is 109 Å². The Morgan fingerprint density at radius 1 is 1.17 bits per heavy atom. The standard InChI is InChI=1S/C15H24FNO/c1-4-13(17)10-11-9-12(16)7-8-15(11)18-14(5-2)6-3/h7-9,13-14H,4-6,10,17H2,1-3H3. The highest BCUT2D eigenvalue weighted by Gasteiger charge is 2.12. The van der Waals surface area contributed by atoms with Gasteiger partial charge in [0.15, 0.2) is 0 Å². The van der Waals surface area contributed by atoms with Crippen molar-refractivity contribution >= 4 is 0 Å². The van der Waals surface area contributed by atoms with Crippen LogP contribution < -0.4 is 10.5 Å². The third-order valence-corrected chi connectivity index (χ3v) is 3.23. The predicted molar refractivity (Wildman–Crippen MR) is 73.4 cm³/mol. The van der Waals surface area contributed by atoms with Crippen molar-refractivity contribution < 1.29 is 9.13 Å². The molecule has 2 N–H and O–H groups in total. The fourth-order valence-corrected chi connectivity index (χ4v) is 1.88. The summed E-state index contributed by atoms with van der Waals surface area (Å²) in [6, 6.07) is 4.74. The molecule has 0 bridgehead atoms. The highest BCUT2D eigenvalue weighted by molar-refractivity contribution is 5.34. The van der Waals surface area contributed by atoms with Crippen LogP contribution >= 0.6 is 0 Å². The van der Waals surface area contributed by atoms with Crippen molar-refractivity contribution in [1.29, 1.82) is 0 Å². The second-order valence-electron chi connectivity index (χ2n) is 4.68. The Morgan fingerprint density at radius 3 is 2.39 bits per heavy atom. The molecule has 0 aliphatic carbocycles. The fourth-order valence-electron chi connectivity index (χ4n) is 1.88. The maximum Gasteiger partial charge on any atom is 0.123 e. The monoisotopic (exact) mass is 253 g/mol. The molecule has 2 nitrogen and oxygen atoms in total. The molecule has 0 saturated carbocycles. The molecule has 18 heavy (non-hydrogen) atoms. The lowest BCUT2D eigenvalue weighted by molar-refractivity contribution is 0.190. The predicted octanol–water partition coefficient (Wildman–Crippen LogP) is 3.67. The number of nitrogens with two attached hydrogens (primary N) is 1. The van der Waals surface area contributed by atoms with Crippen LogP contribution in [0, 0.1) is 5.82 Å². The minimum absolute atomic E-state index is 0.0517. The molecule has 1 aromatic rings. The van der Waals surface area contributed by atoms with Crippen molar-refractivity contribution in [3.63, 3.8) is 0 Å². The normalized spacial score (nSPS) is 12.8. The highest BCUT2D eigenvalue weighted by Crippen LogP contribution is 2.24. The summed E-state index contributed by atoms with van der Waals surface area (Å²) in [6.07, 6.45) is 3.62. The quantitative estimate of drug-likeness (QED) is 0.804. The van der Waals surface area contributed by atoms with Crippen LogP contribution in [0.25, 0.3) is 0 Å². The molecular weight excluding hydrogens is 229 g/mol. The number of rotatable bonds is 7. The van der Waals surface area contributed by atoms with E-state index in [4.69, 9.17) is 10.5 Å². The van der Waals surface area contributed by atoms with E-state index in [-0.39, 0.29) is 18.0 Å². The molecule has 1 unspecified atom stereocenters. The van der Waals surface area contributed by atoms with Crippen molar-refractivity contribution in [1.82, 2.24) is 0 Å². The number of hydrogen-bond acceptors (Lipinski definition) is 2. The summed E-state index contributed by atoms with van der Waals surface area (Å²) < 4.78 is 19.2. The van der Waals surface area contributed by atoms with Crippen molar-refractivity contribution in [2.24, 2.45) is 5.73 Å². The van der Waals surface area contributed by atoms with E-state index in [9.17, 15) is 4.39 Å². The van der Waals surface area contributed by atoms with Crippen molar-refractivity contribution in [3.8, 4) is 5.75 Å². The summed E-state index contributed by atoms with van der Waals surface area (Å²) in [5.41, 5.74) is 6.81. The first-order valence-corrected chi connectivity index (χ1v) is 6.81. The third kappa shape index (κ3) is 4.30. The Morgan fingerprint density at radius 2 is 1.83 bits per heavy atom. The molecule has 3 heteroatoms. The zero-order valence-corrected chi connectivity index (χ0v) is 11.6. The highest BCUT2D eigenvalue weighted by atomic mass is 19.1. The van der Waals surface area contributed by atoms with Crippen LogP contribution in [0.5, 0.6) is 5.75 Å². The molecule has 0 fully saturated rings. The Balaban J connectivity index is 2.88. The number of benzene rings is 1. The van der Waals surface area contributed by atoms with Gasteiger partial charge in [0.25, 0.3) is 0 Å². The van der Waals surface area contributed by atoms with Crippen molar-refractivity contribution in [2.75, 3.05) is 0 Å². The molecule has 0 spiro atoms. The molecule has 0 aliphatic heterocycles. The number of halogens is 1. The average molecular weight is 253 g/mol. The molecule has 0 amide bonds. The van der Waals surface area contributed by atoms with E-state index in [0.717, 1.165) is 30.6 Å². The first kappa shape index (κ1) is 15.0. The largest absolute Gasteiger partial charge is 0.490 e. The van der Waals surface area contributed by atoms with Crippen LogP contribution in [-0.2, 0) is 6.42 Å². The van der Waals surface area contributed by atoms with E-state index in [1.54, 1.807) is 6.07 Å². The lowest BCUT2D eigenvalue weighted by Gasteiger charge is -2.19. The molecule has 0 aliphatic rings. The lowest BCUT2D eigenvalue weighted by Crippen LogP contribution is -2.22. The molecule has 1 aromatic carbocycles. The zero-order chi connectivity index (χ0) is 13.5. The topological polar surface area (TPSA) is 35.2 Å². The lowest BCUT2D eigenvalue weighted by atomic mass is 10.0. The van der Waals surface area contributed by atoms with E-state index in [2.05, 4.69) is 13.8 Å². The summed E-state index contributed by atoms with van der Waals surface area (Å²) in [4.78, 5) is 0. The number of ether oxygens (including phenoxy) is 1. The van der Waals surface area contributed by atoms with Gasteiger partial charge in [0.2, 0.25) is 0 Å². The second kappa shape index (κ2) is 7.37. The van der Waals surface area contributed by atoms with E-state index in [1.807, 2.05) is 6.92 Å². The van der Waals surface area contributed by atoms with Gasteiger partial charge in [-0.1, -0.05) is 20.8 Å². The molecule has 0 heterocycles. The SMILES string of the molecule is CCC(N)Cc1cc(F)ccc1OC(CC)CC. The van der Waals surface area contributed by atoms with Crippen LogP contribution in [0.2, 0.25) is 0 Å². The van der Waals surface area contributed by atoms with E-state index >= 15 is 0 Å². The number of hydrogen-bond donors (Lipinski definition) is 1. The van der Waals surface area contributed by atoms with Crippen LogP contribution in [-0.4, -0.2) is 12.1 Å². The summed E-state index contributed by atoms with van der Waals surface area (Å²) in [6.45, 7) is 6.22. The van der Waals surface area contributed by atoms with Crippen molar-refractivity contribution in [3.05, 3.63) is 29.6 Å². The van der Waals surface area contributed by atoms with Crippen LogP contribution in [0.15, 0.2) is 18.2 Å². The van der Waals surface area contributed by atoms with Gasteiger partial charge in [-0.25, -0.2) is 4.39 Å². The fraction of sp³-hybridized carbons (Fsp3) is 0.600. The minimum atomic E-state index is -0.231. The molecule has 1 rings (SSSR count). The van der Waals surface area contributed by atoms with Gasteiger partial charge in [-0.05, 0) is 49.4 Å². The molecule has 0 saturated heterocycles. The van der Waals surface area contributed by atoms with Gasteiger partial charge in [-0.3, -0.25) is 0 Å². The molecule has 1 atom stereocenters.